The summed E-state index contributed by atoms with van der Waals surface area (Å²) in [5.74, 6) is 1.08. The zero-order valence-electron chi connectivity index (χ0n) is 14.0. The van der Waals surface area contributed by atoms with Crippen LogP contribution in [0.2, 0.25) is 0 Å². The smallest absolute Gasteiger partial charge is 0.238 e. The number of carbonyl (C=O) groups is 1. The van der Waals surface area contributed by atoms with E-state index in [1.54, 1.807) is 6.20 Å². The minimum absolute atomic E-state index is 0.0970. The highest BCUT2D eigenvalue weighted by Crippen LogP contribution is 2.16. The van der Waals surface area contributed by atoms with Gasteiger partial charge in [0.1, 0.15) is 6.04 Å². The van der Waals surface area contributed by atoms with Crippen molar-refractivity contribution in [1.82, 2.24) is 25.4 Å². The van der Waals surface area contributed by atoms with Gasteiger partial charge in [0, 0.05) is 18.7 Å². The van der Waals surface area contributed by atoms with Crippen molar-refractivity contribution in [1.29, 1.82) is 0 Å². The van der Waals surface area contributed by atoms with E-state index in [-0.39, 0.29) is 24.4 Å². The summed E-state index contributed by atoms with van der Waals surface area (Å²) in [5.41, 5.74) is 0.925. The Balaban J connectivity index is 1.83. The van der Waals surface area contributed by atoms with Gasteiger partial charge in [-0.25, -0.2) is 0 Å². The summed E-state index contributed by atoms with van der Waals surface area (Å²) in [7, 11) is 1.88. The van der Waals surface area contributed by atoms with Crippen LogP contribution in [0.3, 0.4) is 0 Å². The monoisotopic (exact) mass is 317 g/mol. The summed E-state index contributed by atoms with van der Waals surface area (Å²) >= 11 is 0. The van der Waals surface area contributed by atoms with Crippen LogP contribution >= 0.6 is 0 Å². The number of nitrogens with zero attached hydrogens (tertiary/aromatic N) is 4. The molecule has 1 amide bonds. The van der Waals surface area contributed by atoms with Gasteiger partial charge in [0.15, 0.2) is 0 Å². The Hall–Kier alpha value is -2.28. The first-order valence-corrected chi connectivity index (χ1v) is 7.66. The molecule has 1 N–H and O–H groups in total. The third-order valence-electron chi connectivity index (χ3n) is 3.27. The fraction of sp³-hybridized carbons (Fsp3) is 0.500. The minimum atomic E-state index is -0.314. The Kier molecular flexibility index (Phi) is 5.81. The van der Waals surface area contributed by atoms with Crippen LogP contribution in [-0.2, 0) is 11.3 Å². The van der Waals surface area contributed by atoms with Crippen molar-refractivity contribution in [2.45, 2.75) is 39.3 Å². The van der Waals surface area contributed by atoms with Crippen molar-refractivity contribution >= 4 is 5.91 Å². The fourth-order valence-corrected chi connectivity index (χ4v) is 2.07. The number of nitrogens with one attached hydrogen (secondary N) is 1. The van der Waals surface area contributed by atoms with Gasteiger partial charge in [-0.1, -0.05) is 19.9 Å². The highest BCUT2D eigenvalue weighted by atomic mass is 16.4. The molecule has 124 valence electrons. The molecule has 0 bridgehead atoms. The van der Waals surface area contributed by atoms with E-state index in [2.05, 4.69) is 20.5 Å². The van der Waals surface area contributed by atoms with E-state index in [0.29, 0.717) is 18.3 Å². The molecule has 0 fully saturated rings. The second kappa shape index (κ2) is 7.82. The Labute approximate surface area is 136 Å². The molecule has 2 aromatic heterocycles. The first-order valence-electron chi connectivity index (χ1n) is 7.66. The number of amides is 1. The SMILES string of the molecule is CC(C)c1nnc([C@@H](C)NC(=O)CN(C)Cc2ccccn2)o1. The molecule has 2 aromatic rings. The largest absolute Gasteiger partial charge is 0.423 e. The highest BCUT2D eigenvalue weighted by Gasteiger charge is 2.18. The molecular formula is C16H23N5O2. The molecule has 0 aliphatic carbocycles. The van der Waals surface area contributed by atoms with Gasteiger partial charge >= 0.3 is 0 Å². The third-order valence-corrected chi connectivity index (χ3v) is 3.27. The summed E-state index contributed by atoms with van der Waals surface area (Å²) in [6.07, 6.45) is 1.74. The third kappa shape index (κ3) is 5.14. The van der Waals surface area contributed by atoms with Crippen LogP contribution in [0.25, 0.3) is 0 Å². The lowest BCUT2D eigenvalue weighted by Crippen LogP contribution is -2.36. The van der Waals surface area contributed by atoms with E-state index >= 15 is 0 Å². The van der Waals surface area contributed by atoms with Gasteiger partial charge in [0.25, 0.3) is 0 Å². The molecule has 0 aliphatic heterocycles. The van der Waals surface area contributed by atoms with Crippen molar-refractivity contribution < 1.29 is 9.21 Å². The first-order chi connectivity index (χ1) is 11.0. The molecule has 23 heavy (non-hydrogen) atoms. The zero-order valence-corrected chi connectivity index (χ0v) is 14.0. The van der Waals surface area contributed by atoms with Crippen molar-refractivity contribution in [3.63, 3.8) is 0 Å². The number of aromatic nitrogens is 3. The van der Waals surface area contributed by atoms with Crippen LogP contribution in [0, 0.1) is 0 Å². The average molecular weight is 317 g/mol. The summed E-state index contributed by atoms with van der Waals surface area (Å²) < 4.78 is 5.55. The topological polar surface area (TPSA) is 84.2 Å². The lowest BCUT2D eigenvalue weighted by Gasteiger charge is -2.17. The Bertz CT molecular complexity index is 626. The Morgan fingerprint density at radius 3 is 2.61 bits per heavy atom. The van der Waals surface area contributed by atoms with E-state index < -0.39 is 0 Å². The van der Waals surface area contributed by atoms with Gasteiger partial charge in [-0.05, 0) is 26.1 Å². The van der Waals surface area contributed by atoms with Crippen LogP contribution in [0.1, 0.15) is 50.2 Å². The fourth-order valence-electron chi connectivity index (χ4n) is 2.07. The van der Waals surface area contributed by atoms with E-state index in [9.17, 15) is 4.79 Å². The molecule has 0 radical (unpaired) electrons. The Morgan fingerprint density at radius 1 is 1.26 bits per heavy atom. The summed E-state index contributed by atoms with van der Waals surface area (Å²) in [6.45, 7) is 6.67. The predicted octanol–water partition coefficient (Wildman–Crippen LogP) is 1.90. The number of carbonyl (C=O) groups excluding carboxylic acids is 1. The number of rotatable bonds is 7. The summed E-state index contributed by atoms with van der Waals surface area (Å²) in [5, 5.41) is 10.8. The minimum Gasteiger partial charge on any atom is -0.423 e. The molecule has 7 heteroatoms. The number of hydrogen-bond donors (Lipinski definition) is 1. The maximum atomic E-state index is 12.1. The number of pyridine rings is 1. The van der Waals surface area contributed by atoms with Crippen molar-refractivity contribution in [3.8, 4) is 0 Å². The van der Waals surface area contributed by atoms with Crippen LogP contribution in [0.4, 0.5) is 0 Å². The van der Waals surface area contributed by atoms with Crippen molar-refractivity contribution in [3.05, 3.63) is 41.9 Å². The maximum absolute atomic E-state index is 12.1. The van der Waals surface area contributed by atoms with Gasteiger partial charge in [-0.3, -0.25) is 14.7 Å². The molecule has 0 aliphatic rings. The van der Waals surface area contributed by atoms with E-state index in [1.165, 1.54) is 0 Å². The normalized spacial score (nSPS) is 12.6. The van der Waals surface area contributed by atoms with Gasteiger partial charge in [-0.2, -0.15) is 0 Å². The van der Waals surface area contributed by atoms with Crippen LogP contribution < -0.4 is 5.32 Å². The average Bonchev–Trinajstić information content (AvgIpc) is 2.98. The Morgan fingerprint density at radius 2 is 2.00 bits per heavy atom. The predicted molar refractivity (Wildman–Crippen MR) is 85.5 cm³/mol. The molecule has 2 rings (SSSR count). The highest BCUT2D eigenvalue weighted by molar-refractivity contribution is 5.78. The molecule has 0 unspecified atom stereocenters. The van der Waals surface area contributed by atoms with Crippen molar-refractivity contribution in [2.75, 3.05) is 13.6 Å². The van der Waals surface area contributed by atoms with Crippen LogP contribution in [0.5, 0.6) is 0 Å². The van der Waals surface area contributed by atoms with Crippen molar-refractivity contribution in [2.24, 2.45) is 0 Å². The molecular weight excluding hydrogens is 294 g/mol. The van der Waals surface area contributed by atoms with Gasteiger partial charge < -0.3 is 9.73 Å². The second-order valence-corrected chi connectivity index (χ2v) is 5.92. The number of likely N-dealkylation sites (N-methyl/N-ethyl adjacent to an activating group) is 1. The molecule has 0 spiro atoms. The van der Waals surface area contributed by atoms with Gasteiger partial charge in [0.05, 0.1) is 12.2 Å². The van der Waals surface area contributed by atoms with Gasteiger partial charge in [0.2, 0.25) is 17.7 Å². The van der Waals surface area contributed by atoms with E-state index in [4.69, 9.17) is 4.42 Å². The molecule has 0 saturated carbocycles. The molecule has 0 aromatic carbocycles. The van der Waals surface area contributed by atoms with E-state index in [0.717, 1.165) is 5.69 Å². The lowest BCUT2D eigenvalue weighted by atomic mass is 10.2. The number of hydrogen-bond acceptors (Lipinski definition) is 6. The quantitative estimate of drug-likeness (QED) is 0.839. The molecule has 7 nitrogen and oxygen atoms in total. The molecule has 1 atom stereocenters. The summed E-state index contributed by atoms with van der Waals surface area (Å²) in [6, 6.07) is 5.42. The first kappa shape index (κ1) is 17.1. The van der Waals surface area contributed by atoms with Crippen LogP contribution in [-0.4, -0.2) is 39.6 Å². The lowest BCUT2D eigenvalue weighted by molar-refractivity contribution is -0.122. The molecule has 2 heterocycles. The zero-order chi connectivity index (χ0) is 16.8. The van der Waals surface area contributed by atoms with E-state index in [1.807, 2.05) is 50.9 Å². The summed E-state index contributed by atoms with van der Waals surface area (Å²) in [4.78, 5) is 18.3. The standard InChI is InChI=1S/C16H23N5O2/c1-11(2)15-19-20-16(23-15)12(3)18-14(22)10-21(4)9-13-7-5-6-8-17-13/h5-8,11-12H,9-10H2,1-4H3,(H,18,22)/t12-/m1/s1. The second-order valence-electron chi connectivity index (χ2n) is 5.92. The molecule has 0 saturated heterocycles. The van der Waals surface area contributed by atoms with Gasteiger partial charge in [-0.15, -0.1) is 10.2 Å². The maximum Gasteiger partial charge on any atom is 0.238 e. The van der Waals surface area contributed by atoms with Crippen LogP contribution in [0.15, 0.2) is 28.8 Å².